The summed E-state index contributed by atoms with van der Waals surface area (Å²) in [6, 6.07) is 9.62. The molecule has 3 N–H and O–H groups in total. The van der Waals surface area contributed by atoms with Gasteiger partial charge < -0.3 is 19.4 Å². The standard InChI is InChI=1S/C24H25N3O6S/c1-24(2,3)33-22(28)13-27-12-14(17-10-15(32-4)5-8-21(17)27)9-19-18-11-16(34(25,30)31)6-7-20(18)26-23(19)29/h5-12H,13H2,1-4H3,(H,26,29)(H2,25,30,31)/b19-9+. The van der Waals surface area contributed by atoms with Crippen LogP contribution in [-0.4, -0.2) is 37.6 Å². The van der Waals surface area contributed by atoms with Crippen molar-refractivity contribution in [1.29, 1.82) is 0 Å². The van der Waals surface area contributed by atoms with Crippen molar-refractivity contribution in [2.45, 2.75) is 37.8 Å². The van der Waals surface area contributed by atoms with Crippen LogP contribution < -0.4 is 15.2 Å². The number of primary sulfonamides is 1. The van der Waals surface area contributed by atoms with Gasteiger partial charge in [0.05, 0.1) is 12.0 Å². The van der Waals surface area contributed by atoms with E-state index >= 15 is 0 Å². The lowest BCUT2D eigenvalue weighted by molar-refractivity contribution is -0.155. The van der Waals surface area contributed by atoms with Gasteiger partial charge in [-0.3, -0.25) is 9.59 Å². The zero-order valence-corrected chi connectivity index (χ0v) is 20.0. The summed E-state index contributed by atoms with van der Waals surface area (Å²) in [4.78, 5) is 25.1. The summed E-state index contributed by atoms with van der Waals surface area (Å²) in [5.41, 5.74) is 1.96. The molecule has 0 bridgehead atoms. The molecule has 2 heterocycles. The van der Waals surface area contributed by atoms with Crippen LogP contribution in [0.5, 0.6) is 5.75 Å². The van der Waals surface area contributed by atoms with Gasteiger partial charge in [0.1, 0.15) is 17.9 Å². The number of ether oxygens (including phenoxy) is 2. The van der Waals surface area contributed by atoms with Crippen molar-refractivity contribution in [3.63, 3.8) is 0 Å². The van der Waals surface area contributed by atoms with Crippen LogP contribution in [0.25, 0.3) is 22.6 Å². The monoisotopic (exact) mass is 483 g/mol. The highest BCUT2D eigenvalue weighted by Gasteiger charge is 2.27. The Morgan fingerprint density at radius 1 is 1.18 bits per heavy atom. The molecule has 0 unspecified atom stereocenters. The number of carbonyl (C=O) groups is 2. The average Bonchev–Trinajstić information content (AvgIpc) is 3.22. The van der Waals surface area contributed by atoms with Crippen molar-refractivity contribution in [1.82, 2.24) is 4.57 Å². The van der Waals surface area contributed by atoms with Crippen LogP contribution in [0.4, 0.5) is 5.69 Å². The van der Waals surface area contributed by atoms with Crippen LogP contribution in [0, 0.1) is 0 Å². The summed E-state index contributed by atoms with van der Waals surface area (Å²) >= 11 is 0. The fourth-order valence-electron chi connectivity index (χ4n) is 3.83. The molecule has 1 aromatic heterocycles. The minimum absolute atomic E-state index is 0.0262. The van der Waals surface area contributed by atoms with E-state index < -0.39 is 21.6 Å². The lowest BCUT2D eigenvalue weighted by Gasteiger charge is -2.19. The predicted molar refractivity (Wildman–Crippen MR) is 129 cm³/mol. The smallest absolute Gasteiger partial charge is 0.326 e. The molecule has 2 aromatic carbocycles. The number of nitrogens with one attached hydrogen (secondary N) is 1. The zero-order chi connectivity index (χ0) is 24.8. The molecule has 178 valence electrons. The Morgan fingerprint density at radius 2 is 1.91 bits per heavy atom. The first kappa shape index (κ1) is 23.5. The number of rotatable bonds is 5. The highest BCUT2D eigenvalue weighted by atomic mass is 32.2. The van der Waals surface area contributed by atoms with Crippen LogP contribution >= 0.6 is 0 Å². The Labute approximate surface area is 197 Å². The molecule has 0 saturated carbocycles. The summed E-state index contributed by atoms with van der Waals surface area (Å²) in [5.74, 6) is -0.173. The number of fused-ring (bicyclic) bond motifs is 2. The first-order valence-electron chi connectivity index (χ1n) is 10.4. The quantitative estimate of drug-likeness (QED) is 0.424. The van der Waals surface area contributed by atoms with Gasteiger partial charge in [-0.2, -0.15) is 0 Å². The zero-order valence-electron chi connectivity index (χ0n) is 19.2. The van der Waals surface area contributed by atoms with Crippen molar-refractivity contribution in [2.75, 3.05) is 12.4 Å². The normalized spacial score (nSPS) is 14.9. The number of amides is 1. The molecule has 3 aromatic rings. The second-order valence-corrected chi connectivity index (χ2v) is 10.5. The molecule has 0 saturated heterocycles. The number of aromatic nitrogens is 1. The molecule has 0 fully saturated rings. The fraction of sp³-hybridized carbons (Fsp3) is 0.250. The van der Waals surface area contributed by atoms with Gasteiger partial charge in [-0.1, -0.05) is 0 Å². The third-order valence-corrected chi connectivity index (χ3v) is 6.15. The van der Waals surface area contributed by atoms with Crippen molar-refractivity contribution in [3.05, 3.63) is 53.7 Å². The molecule has 0 spiro atoms. The number of hydrogen-bond donors (Lipinski definition) is 2. The highest BCUT2D eigenvalue weighted by molar-refractivity contribution is 7.89. The third kappa shape index (κ3) is 4.68. The minimum atomic E-state index is -3.94. The molecule has 0 radical (unpaired) electrons. The van der Waals surface area contributed by atoms with Crippen molar-refractivity contribution < 1.29 is 27.5 Å². The van der Waals surface area contributed by atoms with Crippen LogP contribution in [-0.2, 0) is 30.9 Å². The molecule has 34 heavy (non-hydrogen) atoms. The van der Waals surface area contributed by atoms with Gasteiger partial charge in [-0.25, -0.2) is 13.6 Å². The Hall–Kier alpha value is -3.63. The van der Waals surface area contributed by atoms with E-state index in [-0.39, 0.29) is 22.9 Å². The molecule has 0 aliphatic carbocycles. The number of sulfonamides is 1. The average molecular weight is 484 g/mol. The SMILES string of the molecule is COc1ccc2c(c1)c(/C=C1/C(=O)Nc3ccc(S(N)(=O)=O)cc31)cn2CC(=O)OC(C)(C)C. The summed E-state index contributed by atoms with van der Waals surface area (Å²) < 4.78 is 36.2. The second kappa shape index (κ2) is 8.30. The van der Waals surface area contributed by atoms with Crippen molar-refractivity contribution >= 4 is 50.1 Å². The number of hydrogen-bond acceptors (Lipinski definition) is 6. The Morgan fingerprint density at radius 3 is 2.56 bits per heavy atom. The summed E-state index contributed by atoms with van der Waals surface area (Å²) in [7, 11) is -2.40. The van der Waals surface area contributed by atoms with E-state index in [0.29, 0.717) is 22.6 Å². The lowest BCUT2D eigenvalue weighted by Crippen LogP contribution is -2.26. The van der Waals surface area contributed by atoms with Gasteiger partial charge in [0.15, 0.2) is 0 Å². The first-order valence-corrected chi connectivity index (χ1v) is 12.0. The number of nitrogens with zero attached hydrogens (tertiary/aromatic N) is 1. The van der Waals surface area contributed by atoms with E-state index in [1.165, 1.54) is 18.2 Å². The molecule has 9 nitrogen and oxygen atoms in total. The van der Waals surface area contributed by atoms with Gasteiger partial charge in [-0.05, 0) is 63.2 Å². The molecular weight excluding hydrogens is 458 g/mol. The van der Waals surface area contributed by atoms with Gasteiger partial charge >= 0.3 is 5.97 Å². The Balaban J connectivity index is 1.84. The molecule has 1 amide bonds. The summed E-state index contributed by atoms with van der Waals surface area (Å²) in [6.07, 6.45) is 3.40. The third-order valence-electron chi connectivity index (χ3n) is 5.24. The predicted octanol–water partition coefficient (Wildman–Crippen LogP) is 3.13. The van der Waals surface area contributed by atoms with Crippen LogP contribution in [0.15, 0.2) is 47.5 Å². The lowest BCUT2D eigenvalue weighted by atomic mass is 10.0. The van der Waals surface area contributed by atoms with E-state index in [4.69, 9.17) is 14.6 Å². The maximum absolute atomic E-state index is 12.7. The molecule has 1 aliphatic rings. The molecular formula is C24H25N3O6S. The van der Waals surface area contributed by atoms with Gasteiger partial charge in [0.2, 0.25) is 10.0 Å². The van der Waals surface area contributed by atoms with Crippen molar-refractivity contribution in [3.8, 4) is 5.75 Å². The van der Waals surface area contributed by atoms with E-state index in [1.54, 1.807) is 50.8 Å². The van der Waals surface area contributed by atoms with E-state index in [9.17, 15) is 18.0 Å². The van der Waals surface area contributed by atoms with Crippen LogP contribution in [0.3, 0.4) is 0 Å². The van der Waals surface area contributed by atoms with Crippen molar-refractivity contribution in [2.24, 2.45) is 5.14 Å². The summed E-state index contributed by atoms with van der Waals surface area (Å²) in [6.45, 7) is 5.36. The highest BCUT2D eigenvalue weighted by Crippen LogP contribution is 2.36. The van der Waals surface area contributed by atoms with E-state index in [1.807, 2.05) is 12.1 Å². The number of anilines is 1. The first-order chi connectivity index (χ1) is 15.9. The molecule has 0 atom stereocenters. The number of methoxy groups -OCH3 is 1. The van der Waals surface area contributed by atoms with E-state index in [2.05, 4.69) is 5.32 Å². The largest absolute Gasteiger partial charge is 0.497 e. The maximum atomic E-state index is 12.7. The fourth-order valence-corrected chi connectivity index (χ4v) is 4.37. The Kier molecular flexibility index (Phi) is 5.74. The number of esters is 1. The van der Waals surface area contributed by atoms with Crippen LogP contribution in [0.1, 0.15) is 31.9 Å². The van der Waals surface area contributed by atoms with Gasteiger partial charge in [-0.15, -0.1) is 0 Å². The van der Waals surface area contributed by atoms with Crippen LogP contribution in [0.2, 0.25) is 0 Å². The number of nitrogens with two attached hydrogens (primary N) is 1. The van der Waals surface area contributed by atoms with Gasteiger partial charge in [0, 0.05) is 39.5 Å². The Bertz CT molecular complexity index is 1460. The summed E-state index contributed by atoms with van der Waals surface area (Å²) in [5, 5.41) is 8.75. The number of carbonyl (C=O) groups excluding carboxylic acids is 2. The minimum Gasteiger partial charge on any atom is -0.497 e. The maximum Gasteiger partial charge on any atom is 0.326 e. The topological polar surface area (TPSA) is 130 Å². The molecule has 1 aliphatic heterocycles. The van der Waals surface area contributed by atoms with E-state index in [0.717, 1.165) is 10.9 Å². The molecule has 10 heteroatoms. The molecule has 4 rings (SSSR count). The van der Waals surface area contributed by atoms with Gasteiger partial charge in [0.25, 0.3) is 5.91 Å². The number of benzene rings is 2. The second-order valence-electron chi connectivity index (χ2n) is 8.95.